The van der Waals surface area contributed by atoms with Crippen LogP contribution in [0, 0.1) is 5.92 Å². The molecule has 0 aromatic heterocycles. The zero-order valence-electron chi connectivity index (χ0n) is 8.95. The minimum atomic E-state index is -0.374. The second kappa shape index (κ2) is 6.23. The van der Waals surface area contributed by atoms with Crippen LogP contribution in [-0.2, 0) is 4.79 Å². The van der Waals surface area contributed by atoms with E-state index in [1.807, 2.05) is 20.8 Å². The summed E-state index contributed by atoms with van der Waals surface area (Å²) in [6.07, 6.45) is 1.39. The molecule has 0 aliphatic heterocycles. The fourth-order valence-corrected chi connectivity index (χ4v) is 0.954. The summed E-state index contributed by atoms with van der Waals surface area (Å²) >= 11 is 0. The predicted molar refractivity (Wildman–Crippen MR) is 55.1 cm³/mol. The van der Waals surface area contributed by atoms with Gasteiger partial charge in [-0.25, -0.2) is 0 Å². The standard InChI is InChI=1S/C9H19N3O2/c1-4-6(3)9(13)11-7(5-2)8(10)12-14/h6-7,14H,4-5H2,1-3H3,(H2,10,12)(H,11,13). The van der Waals surface area contributed by atoms with Crippen molar-refractivity contribution < 1.29 is 10.0 Å². The van der Waals surface area contributed by atoms with Gasteiger partial charge in [0.15, 0.2) is 5.84 Å². The quantitative estimate of drug-likeness (QED) is 0.264. The maximum atomic E-state index is 11.5. The van der Waals surface area contributed by atoms with Gasteiger partial charge in [0.05, 0.1) is 6.04 Å². The Morgan fingerprint density at radius 1 is 1.50 bits per heavy atom. The zero-order chi connectivity index (χ0) is 11.1. The molecular formula is C9H19N3O2. The van der Waals surface area contributed by atoms with Gasteiger partial charge in [-0.15, -0.1) is 0 Å². The second-order valence-electron chi connectivity index (χ2n) is 3.30. The first kappa shape index (κ1) is 12.7. The number of amides is 1. The molecule has 0 spiro atoms. The highest BCUT2D eigenvalue weighted by Crippen LogP contribution is 2.01. The van der Waals surface area contributed by atoms with Gasteiger partial charge in [0.1, 0.15) is 0 Å². The number of carbonyl (C=O) groups excluding carboxylic acids is 1. The summed E-state index contributed by atoms with van der Waals surface area (Å²) < 4.78 is 0. The fraction of sp³-hybridized carbons (Fsp3) is 0.778. The normalized spacial score (nSPS) is 16.1. The minimum Gasteiger partial charge on any atom is -0.409 e. The van der Waals surface area contributed by atoms with E-state index in [4.69, 9.17) is 10.9 Å². The summed E-state index contributed by atoms with van der Waals surface area (Å²) in [5.74, 6) is -0.0642. The number of nitrogens with one attached hydrogen (secondary N) is 1. The van der Waals surface area contributed by atoms with Crippen LogP contribution in [0.1, 0.15) is 33.6 Å². The Morgan fingerprint density at radius 2 is 2.07 bits per heavy atom. The first-order valence-electron chi connectivity index (χ1n) is 4.84. The van der Waals surface area contributed by atoms with Crippen molar-refractivity contribution in [3.8, 4) is 0 Å². The SMILES string of the molecule is CCC(C)C(=O)NC(CC)/C(N)=N/O. The Kier molecular flexibility index (Phi) is 5.67. The number of nitrogens with zero attached hydrogens (tertiary/aromatic N) is 1. The summed E-state index contributed by atoms with van der Waals surface area (Å²) in [7, 11) is 0. The van der Waals surface area contributed by atoms with Gasteiger partial charge < -0.3 is 16.3 Å². The Hall–Kier alpha value is -1.26. The van der Waals surface area contributed by atoms with Crippen molar-refractivity contribution >= 4 is 11.7 Å². The molecule has 0 radical (unpaired) electrons. The molecule has 0 aliphatic carbocycles. The average molecular weight is 201 g/mol. The maximum absolute atomic E-state index is 11.5. The molecule has 0 heterocycles. The largest absolute Gasteiger partial charge is 0.409 e. The van der Waals surface area contributed by atoms with Gasteiger partial charge in [0.2, 0.25) is 5.91 Å². The number of hydrogen-bond acceptors (Lipinski definition) is 3. The fourth-order valence-electron chi connectivity index (χ4n) is 0.954. The molecule has 5 heteroatoms. The summed E-state index contributed by atoms with van der Waals surface area (Å²) in [5.41, 5.74) is 5.40. The molecule has 0 bridgehead atoms. The predicted octanol–water partition coefficient (Wildman–Crippen LogP) is 0.674. The molecule has 4 N–H and O–H groups in total. The molecule has 2 unspecified atom stereocenters. The van der Waals surface area contributed by atoms with Crippen LogP contribution < -0.4 is 11.1 Å². The number of carbonyl (C=O) groups is 1. The van der Waals surface area contributed by atoms with Crippen LogP contribution in [-0.4, -0.2) is 23.0 Å². The van der Waals surface area contributed by atoms with Gasteiger partial charge in [-0.1, -0.05) is 25.9 Å². The van der Waals surface area contributed by atoms with Crippen molar-refractivity contribution in [3.05, 3.63) is 0 Å². The van der Waals surface area contributed by atoms with Crippen molar-refractivity contribution in [3.63, 3.8) is 0 Å². The lowest BCUT2D eigenvalue weighted by Gasteiger charge is -2.17. The lowest BCUT2D eigenvalue weighted by Crippen LogP contribution is -2.45. The number of hydrogen-bond donors (Lipinski definition) is 3. The number of rotatable bonds is 5. The average Bonchev–Trinajstić information content (AvgIpc) is 2.22. The highest BCUT2D eigenvalue weighted by Gasteiger charge is 2.17. The second-order valence-corrected chi connectivity index (χ2v) is 3.30. The Balaban J connectivity index is 4.26. The molecule has 0 aliphatic rings. The lowest BCUT2D eigenvalue weighted by atomic mass is 10.1. The van der Waals surface area contributed by atoms with E-state index in [0.29, 0.717) is 6.42 Å². The third kappa shape index (κ3) is 3.64. The first-order valence-corrected chi connectivity index (χ1v) is 4.84. The molecule has 0 aromatic carbocycles. The maximum Gasteiger partial charge on any atom is 0.223 e. The molecule has 0 rings (SSSR count). The van der Waals surface area contributed by atoms with Crippen molar-refractivity contribution in [2.45, 2.75) is 39.7 Å². The molecular weight excluding hydrogens is 182 g/mol. The minimum absolute atomic E-state index is 0.0455. The van der Waals surface area contributed by atoms with E-state index in [2.05, 4.69) is 10.5 Å². The Labute approximate surface area is 84.4 Å². The topological polar surface area (TPSA) is 87.7 Å². The van der Waals surface area contributed by atoms with Crippen LogP contribution in [0.4, 0.5) is 0 Å². The smallest absolute Gasteiger partial charge is 0.223 e. The molecule has 1 amide bonds. The van der Waals surface area contributed by atoms with E-state index in [1.54, 1.807) is 0 Å². The van der Waals surface area contributed by atoms with Crippen LogP contribution in [0.25, 0.3) is 0 Å². The number of oxime groups is 1. The third-order valence-electron chi connectivity index (χ3n) is 2.26. The van der Waals surface area contributed by atoms with Crippen molar-refractivity contribution in [1.29, 1.82) is 0 Å². The molecule has 82 valence electrons. The summed E-state index contributed by atoms with van der Waals surface area (Å²) in [5, 5.41) is 14.0. The molecule has 0 fully saturated rings. The van der Waals surface area contributed by atoms with Crippen LogP contribution in [0.15, 0.2) is 5.16 Å². The van der Waals surface area contributed by atoms with E-state index >= 15 is 0 Å². The zero-order valence-corrected chi connectivity index (χ0v) is 8.95. The molecule has 0 saturated heterocycles. The van der Waals surface area contributed by atoms with Crippen molar-refractivity contribution in [1.82, 2.24) is 5.32 Å². The number of amidine groups is 1. The first-order chi connectivity index (χ1) is 6.56. The van der Waals surface area contributed by atoms with Crippen LogP contribution in [0.3, 0.4) is 0 Å². The van der Waals surface area contributed by atoms with E-state index < -0.39 is 0 Å². The van der Waals surface area contributed by atoms with E-state index in [-0.39, 0.29) is 23.7 Å². The van der Waals surface area contributed by atoms with E-state index in [0.717, 1.165) is 6.42 Å². The highest BCUT2D eigenvalue weighted by atomic mass is 16.4. The van der Waals surface area contributed by atoms with E-state index in [1.165, 1.54) is 0 Å². The van der Waals surface area contributed by atoms with E-state index in [9.17, 15) is 4.79 Å². The molecule has 0 saturated carbocycles. The van der Waals surface area contributed by atoms with Crippen LogP contribution >= 0.6 is 0 Å². The van der Waals surface area contributed by atoms with Gasteiger partial charge >= 0.3 is 0 Å². The van der Waals surface area contributed by atoms with Gasteiger partial charge in [0.25, 0.3) is 0 Å². The molecule has 14 heavy (non-hydrogen) atoms. The van der Waals surface area contributed by atoms with Gasteiger partial charge in [-0.2, -0.15) is 0 Å². The number of nitrogens with two attached hydrogens (primary N) is 1. The third-order valence-corrected chi connectivity index (χ3v) is 2.26. The van der Waals surface area contributed by atoms with Crippen molar-refractivity contribution in [2.24, 2.45) is 16.8 Å². The van der Waals surface area contributed by atoms with Gasteiger partial charge in [-0.3, -0.25) is 4.79 Å². The highest BCUT2D eigenvalue weighted by molar-refractivity contribution is 5.90. The summed E-state index contributed by atoms with van der Waals surface area (Å²) in [4.78, 5) is 11.5. The molecule has 2 atom stereocenters. The molecule has 0 aromatic rings. The van der Waals surface area contributed by atoms with Gasteiger partial charge in [0, 0.05) is 5.92 Å². The molecule has 5 nitrogen and oxygen atoms in total. The Morgan fingerprint density at radius 3 is 2.43 bits per heavy atom. The van der Waals surface area contributed by atoms with Crippen LogP contribution in [0.2, 0.25) is 0 Å². The monoisotopic (exact) mass is 201 g/mol. The van der Waals surface area contributed by atoms with Crippen LogP contribution in [0.5, 0.6) is 0 Å². The van der Waals surface area contributed by atoms with Gasteiger partial charge in [-0.05, 0) is 12.8 Å². The Bertz CT molecular complexity index is 216. The summed E-state index contributed by atoms with van der Waals surface area (Å²) in [6.45, 7) is 5.64. The van der Waals surface area contributed by atoms with Crippen molar-refractivity contribution in [2.75, 3.05) is 0 Å². The lowest BCUT2D eigenvalue weighted by molar-refractivity contribution is -0.124. The summed E-state index contributed by atoms with van der Waals surface area (Å²) in [6, 6.07) is -0.374.